The Kier molecular flexibility index (Phi) is 3.68. The van der Waals surface area contributed by atoms with Crippen molar-refractivity contribution in [1.29, 1.82) is 0 Å². The van der Waals surface area contributed by atoms with Crippen LogP contribution in [0.3, 0.4) is 0 Å². The second-order valence-electron chi connectivity index (χ2n) is 5.76. The number of pyridine rings is 1. The highest BCUT2D eigenvalue weighted by Gasteiger charge is 2.28. The third-order valence-electron chi connectivity index (χ3n) is 4.25. The minimum atomic E-state index is -0.192. The summed E-state index contributed by atoms with van der Waals surface area (Å²) in [6, 6.07) is 7.39. The van der Waals surface area contributed by atoms with Crippen molar-refractivity contribution in [2.45, 2.75) is 25.9 Å². The van der Waals surface area contributed by atoms with Gasteiger partial charge < -0.3 is 5.73 Å². The summed E-state index contributed by atoms with van der Waals surface area (Å²) in [5.41, 5.74) is 7.63. The standard InChI is InChI=1S/C16H20FN3/c1-11-5-12(8-18)9-20(11)10-14-7-15(17)6-13-3-2-4-19-16(13)14/h2-4,6-7,11-12H,5,8-10,18H2,1H3. The Hall–Kier alpha value is -1.52. The van der Waals surface area contributed by atoms with E-state index in [2.05, 4.69) is 16.8 Å². The summed E-state index contributed by atoms with van der Waals surface area (Å²) in [6.45, 7) is 4.67. The Bertz CT molecular complexity index is 614. The smallest absolute Gasteiger partial charge is 0.124 e. The van der Waals surface area contributed by atoms with Gasteiger partial charge >= 0.3 is 0 Å². The van der Waals surface area contributed by atoms with Crippen LogP contribution in [-0.2, 0) is 6.54 Å². The van der Waals surface area contributed by atoms with Crippen LogP contribution in [-0.4, -0.2) is 29.0 Å². The van der Waals surface area contributed by atoms with Crippen molar-refractivity contribution in [3.05, 3.63) is 41.8 Å². The molecule has 20 heavy (non-hydrogen) atoms. The highest BCUT2D eigenvalue weighted by Crippen LogP contribution is 2.26. The molecule has 1 aromatic heterocycles. The van der Waals surface area contributed by atoms with Crippen LogP contribution in [0.1, 0.15) is 18.9 Å². The van der Waals surface area contributed by atoms with Crippen molar-refractivity contribution in [2.75, 3.05) is 13.1 Å². The SMILES string of the molecule is CC1CC(CN)CN1Cc1cc(F)cc2cccnc12. The molecule has 3 rings (SSSR count). The van der Waals surface area contributed by atoms with E-state index in [0.717, 1.165) is 42.5 Å². The fourth-order valence-corrected chi connectivity index (χ4v) is 3.18. The van der Waals surface area contributed by atoms with Crippen LogP contribution < -0.4 is 5.73 Å². The van der Waals surface area contributed by atoms with Crippen LogP contribution in [0.15, 0.2) is 30.5 Å². The molecule has 1 fully saturated rings. The van der Waals surface area contributed by atoms with E-state index in [1.807, 2.05) is 12.1 Å². The largest absolute Gasteiger partial charge is 0.330 e. The molecule has 2 heterocycles. The fourth-order valence-electron chi connectivity index (χ4n) is 3.18. The lowest BCUT2D eigenvalue weighted by Crippen LogP contribution is -2.27. The van der Waals surface area contributed by atoms with Crippen molar-refractivity contribution >= 4 is 10.9 Å². The lowest BCUT2D eigenvalue weighted by molar-refractivity contribution is 0.256. The van der Waals surface area contributed by atoms with Crippen molar-refractivity contribution < 1.29 is 4.39 Å². The Balaban J connectivity index is 1.91. The number of aromatic nitrogens is 1. The Morgan fingerprint density at radius 1 is 1.45 bits per heavy atom. The molecule has 0 aliphatic carbocycles. The maximum Gasteiger partial charge on any atom is 0.124 e. The quantitative estimate of drug-likeness (QED) is 0.934. The Labute approximate surface area is 118 Å². The first-order valence-corrected chi connectivity index (χ1v) is 7.14. The summed E-state index contributed by atoms with van der Waals surface area (Å²) in [7, 11) is 0. The minimum Gasteiger partial charge on any atom is -0.330 e. The number of rotatable bonds is 3. The summed E-state index contributed by atoms with van der Waals surface area (Å²) in [4.78, 5) is 6.79. The van der Waals surface area contributed by atoms with E-state index in [-0.39, 0.29) is 5.82 Å². The molecule has 0 radical (unpaired) electrons. The zero-order valence-corrected chi connectivity index (χ0v) is 11.7. The van der Waals surface area contributed by atoms with Gasteiger partial charge in [-0.15, -0.1) is 0 Å². The number of nitrogens with two attached hydrogens (primary N) is 1. The zero-order chi connectivity index (χ0) is 14.1. The summed E-state index contributed by atoms with van der Waals surface area (Å²) in [5, 5.41) is 0.865. The van der Waals surface area contributed by atoms with Crippen molar-refractivity contribution in [3.8, 4) is 0 Å². The van der Waals surface area contributed by atoms with Crippen molar-refractivity contribution in [2.24, 2.45) is 11.7 Å². The summed E-state index contributed by atoms with van der Waals surface area (Å²) >= 11 is 0. The van der Waals surface area contributed by atoms with Gasteiger partial charge in [0.25, 0.3) is 0 Å². The van der Waals surface area contributed by atoms with E-state index in [0.29, 0.717) is 12.0 Å². The van der Waals surface area contributed by atoms with Gasteiger partial charge in [0.2, 0.25) is 0 Å². The topological polar surface area (TPSA) is 42.1 Å². The van der Waals surface area contributed by atoms with Gasteiger partial charge in [-0.1, -0.05) is 6.07 Å². The molecule has 0 saturated carbocycles. The molecule has 0 spiro atoms. The monoisotopic (exact) mass is 273 g/mol. The maximum absolute atomic E-state index is 13.7. The van der Waals surface area contributed by atoms with Gasteiger partial charge in [-0.3, -0.25) is 9.88 Å². The van der Waals surface area contributed by atoms with Crippen molar-refractivity contribution in [3.63, 3.8) is 0 Å². The summed E-state index contributed by atoms with van der Waals surface area (Å²) < 4.78 is 13.7. The molecule has 2 unspecified atom stereocenters. The number of hydrogen-bond donors (Lipinski definition) is 1. The Morgan fingerprint density at radius 2 is 2.30 bits per heavy atom. The van der Waals surface area contributed by atoms with Crippen LogP contribution in [0.25, 0.3) is 10.9 Å². The lowest BCUT2D eigenvalue weighted by Gasteiger charge is -2.21. The van der Waals surface area contributed by atoms with Crippen LogP contribution in [0.2, 0.25) is 0 Å². The molecular weight excluding hydrogens is 253 g/mol. The highest BCUT2D eigenvalue weighted by atomic mass is 19.1. The number of halogens is 1. The van der Waals surface area contributed by atoms with Crippen molar-refractivity contribution in [1.82, 2.24) is 9.88 Å². The summed E-state index contributed by atoms with van der Waals surface area (Å²) in [5.74, 6) is 0.362. The molecule has 2 atom stereocenters. The van der Waals surface area contributed by atoms with E-state index in [4.69, 9.17) is 5.73 Å². The molecule has 2 N–H and O–H groups in total. The molecule has 1 aliphatic heterocycles. The van der Waals surface area contributed by atoms with Gasteiger partial charge in [0, 0.05) is 30.7 Å². The highest BCUT2D eigenvalue weighted by molar-refractivity contribution is 5.81. The molecule has 3 nitrogen and oxygen atoms in total. The lowest BCUT2D eigenvalue weighted by atomic mass is 10.1. The van der Waals surface area contributed by atoms with E-state index in [1.165, 1.54) is 0 Å². The van der Waals surface area contributed by atoms with Crippen LogP contribution in [0.5, 0.6) is 0 Å². The predicted octanol–water partition coefficient (Wildman–Crippen LogP) is 2.54. The maximum atomic E-state index is 13.7. The average Bonchev–Trinajstić information content (AvgIpc) is 2.79. The van der Waals surface area contributed by atoms with E-state index >= 15 is 0 Å². The van der Waals surface area contributed by atoms with E-state index < -0.39 is 0 Å². The first-order valence-electron chi connectivity index (χ1n) is 7.14. The number of hydrogen-bond acceptors (Lipinski definition) is 3. The second-order valence-corrected chi connectivity index (χ2v) is 5.76. The molecule has 1 aliphatic rings. The van der Waals surface area contributed by atoms with Crippen LogP contribution in [0, 0.1) is 11.7 Å². The summed E-state index contributed by atoms with van der Waals surface area (Å²) in [6.07, 6.45) is 2.89. The Morgan fingerprint density at radius 3 is 3.05 bits per heavy atom. The molecule has 0 bridgehead atoms. The molecule has 1 saturated heterocycles. The van der Waals surface area contributed by atoms with Crippen LogP contribution >= 0.6 is 0 Å². The fraction of sp³-hybridized carbons (Fsp3) is 0.438. The van der Waals surface area contributed by atoms with E-state index in [1.54, 1.807) is 18.3 Å². The predicted molar refractivity (Wildman–Crippen MR) is 78.7 cm³/mol. The molecule has 1 aromatic carbocycles. The van der Waals surface area contributed by atoms with Crippen LogP contribution in [0.4, 0.5) is 4.39 Å². The van der Waals surface area contributed by atoms with Gasteiger partial charge in [-0.25, -0.2) is 4.39 Å². The molecule has 2 aromatic rings. The molecule has 4 heteroatoms. The third-order valence-corrected chi connectivity index (χ3v) is 4.25. The van der Waals surface area contributed by atoms with Gasteiger partial charge in [-0.05, 0) is 49.6 Å². The van der Waals surface area contributed by atoms with E-state index in [9.17, 15) is 4.39 Å². The minimum absolute atomic E-state index is 0.192. The third kappa shape index (κ3) is 2.53. The zero-order valence-electron chi connectivity index (χ0n) is 11.7. The average molecular weight is 273 g/mol. The van der Waals surface area contributed by atoms with Gasteiger partial charge in [0.05, 0.1) is 5.52 Å². The second kappa shape index (κ2) is 5.46. The first-order chi connectivity index (χ1) is 9.67. The molecule has 0 amide bonds. The number of fused-ring (bicyclic) bond motifs is 1. The number of nitrogens with zero attached hydrogens (tertiary/aromatic N) is 2. The molecule has 106 valence electrons. The number of likely N-dealkylation sites (tertiary alicyclic amines) is 1. The molecular formula is C16H20FN3. The van der Waals surface area contributed by atoms with Gasteiger partial charge in [0.1, 0.15) is 5.82 Å². The first kappa shape index (κ1) is 13.5. The normalized spacial score (nSPS) is 23.6. The number of benzene rings is 1. The van der Waals surface area contributed by atoms with Gasteiger partial charge in [0.15, 0.2) is 0 Å². The van der Waals surface area contributed by atoms with Gasteiger partial charge in [-0.2, -0.15) is 0 Å².